The van der Waals surface area contributed by atoms with Gasteiger partial charge in [-0.15, -0.1) is 0 Å². The van der Waals surface area contributed by atoms with E-state index in [1.54, 1.807) is 4.90 Å². The van der Waals surface area contributed by atoms with Crippen LogP contribution in [0.4, 0.5) is 14.5 Å². The first-order valence-corrected chi connectivity index (χ1v) is 6.01. The fourth-order valence-corrected chi connectivity index (χ4v) is 2.32. The van der Waals surface area contributed by atoms with Crippen molar-refractivity contribution in [1.29, 1.82) is 0 Å². The number of hydrogen-bond donors (Lipinski definition) is 1. The third-order valence-electron chi connectivity index (χ3n) is 3.03. The lowest BCUT2D eigenvalue weighted by Crippen LogP contribution is -2.45. The summed E-state index contributed by atoms with van der Waals surface area (Å²) < 4.78 is 33.1. The summed E-state index contributed by atoms with van der Waals surface area (Å²) in [5.41, 5.74) is -0.583. The van der Waals surface area contributed by atoms with Gasteiger partial charge in [-0.3, -0.25) is 0 Å². The first-order valence-electron chi connectivity index (χ1n) is 6.01. The molecule has 6 heteroatoms. The van der Waals surface area contributed by atoms with Gasteiger partial charge in [0.2, 0.25) is 0 Å². The van der Waals surface area contributed by atoms with Crippen molar-refractivity contribution in [3.05, 3.63) is 29.3 Å². The van der Waals surface area contributed by atoms with E-state index in [9.17, 15) is 13.6 Å². The van der Waals surface area contributed by atoms with Gasteiger partial charge in [0.1, 0.15) is 11.6 Å². The number of morpholine rings is 1. The Morgan fingerprint density at radius 1 is 1.26 bits per heavy atom. The van der Waals surface area contributed by atoms with Crippen LogP contribution in [0.2, 0.25) is 0 Å². The van der Waals surface area contributed by atoms with E-state index in [0.29, 0.717) is 13.1 Å². The smallest absolute Gasteiger partial charge is 0.338 e. The summed E-state index contributed by atoms with van der Waals surface area (Å²) >= 11 is 0. The molecule has 0 spiro atoms. The van der Waals surface area contributed by atoms with E-state index < -0.39 is 23.2 Å². The van der Waals surface area contributed by atoms with Gasteiger partial charge in [0, 0.05) is 19.2 Å². The van der Waals surface area contributed by atoms with Crippen molar-refractivity contribution in [2.75, 3.05) is 18.0 Å². The predicted octanol–water partition coefficient (Wildman–Crippen LogP) is 2.28. The van der Waals surface area contributed by atoms with Crippen LogP contribution in [-0.2, 0) is 4.74 Å². The van der Waals surface area contributed by atoms with Crippen molar-refractivity contribution in [3.8, 4) is 0 Å². The number of ether oxygens (including phenoxy) is 1. The molecule has 2 rings (SSSR count). The monoisotopic (exact) mass is 271 g/mol. The third-order valence-corrected chi connectivity index (χ3v) is 3.03. The van der Waals surface area contributed by atoms with Gasteiger partial charge in [0.25, 0.3) is 0 Å². The van der Waals surface area contributed by atoms with Gasteiger partial charge >= 0.3 is 5.97 Å². The molecule has 1 heterocycles. The number of aromatic carboxylic acids is 1. The molecule has 1 aromatic rings. The van der Waals surface area contributed by atoms with Crippen LogP contribution in [0.3, 0.4) is 0 Å². The standard InChI is InChI=1S/C13H15F2NO3/c1-7-5-16(6-8(2)19-7)12-4-10(14)9(13(17)18)3-11(12)15/h3-4,7-8H,5-6H2,1-2H3,(H,17,18). The van der Waals surface area contributed by atoms with Gasteiger partial charge in [-0.05, 0) is 19.9 Å². The lowest BCUT2D eigenvalue weighted by molar-refractivity contribution is -0.00542. The van der Waals surface area contributed by atoms with Crippen LogP contribution in [0.5, 0.6) is 0 Å². The summed E-state index contributed by atoms with van der Waals surface area (Å²) in [6.07, 6.45) is -0.185. The van der Waals surface area contributed by atoms with Gasteiger partial charge < -0.3 is 14.7 Å². The number of hydrogen-bond acceptors (Lipinski definition) is 3. The number of carboxylic acid groups (broad SMARTS) is 1. The van der Waals surface area contributed by atoms with Crippen LogP contribution in [0, 0.1) is 11.6 Å². The van der Waals surface area contributed by atoms with Crippen LogP contribution < -0.4 is 4.90 Å². The van der Waals surface area contributed by atoms with Gasteiger partial charge in [0.15, 0.2) is 0 Å². The number of rotatable bonds is 2. The zero-order valence-corrected chi connectivity index (χ0v) is 10.7. The molecule has 2 atom stereocenters. The maximum absolute atomic E-state index is 13.9. The van der Waals surface area contributed by atoms with Gasteiger partial charge in [-0.25, -0.2) is 13.6 Å². The van der Waals surface area contributed by atoms with Crippen molar-refractivity contribution >= 4 is 11.7 Å². The SMILES string of the molecule is CC1CN(c2cc(F)c(C(=O)O)cc2F)CC(C)O1. The normalized spacial score (nSPS) is 23.5. The minimum Gasteiger partial charge on any atom is -0.478 e. The maximum atomic E-state index is 13.9. The summed E-state index contributed by atoms with van der Waals surface area (Å²) in [6, 6.07) is 1.65. The molecule has 2 unspecified atom stereocenters. The Bertz CT molecular complexity index is 497. The Balaban J connectivity index is 2.35. The highest BCUT2D eigenvalue weighted by Crippen LogP contribution is 2.26. The van der Waals surface area contributed by atoms with Crippen molar-refractivity contribution in [1.82, 2.24) is 0 Å². The lowest BCUT2D eigenvalue weighted by Gasteiger charge is -2.37. The van der Waals surface area contributed by atoms with Gasteiger partial charge in [0.05, 0.1) is 23.5 Å². The molecular weight excluding hydrogens is 256 g/mol. The maximum Gasteiger partial charge on any atom is 0.338 e. The summed E-state index contributed by atoms with van der Waals surface area (Å²) in [6.45, 7) is 4.57. The van der Waals surface area contributed by atoms with E-state index in [1.807, 2.05) is 13.8 Å². The second-order valence-electron chi connectivity index (χ2n) is 4.75. The van der Waals surface area contributed by atoms with E-state index >= 15 is 0 Å². The number of anilines is 1. The number of halogens is 2. The molecule has 1 saturated heterocycles. The highest BCUT2D eigenvalue weighted by molar-refractivity contribution is 5.88. The Morgan fingerprint density at radius 2 is 1.84 bits per heavy atom. The topological polar surface area (TPSA) is 49.8 Å². The average Bonchev–Trinajstić information content (AvgIpc) is 2.30. The van der Waals surface area contributed by atoms with Crippen molar-refractivity contribution in [2.45, 2.75) is 26.1 Å². The number of carboxylic acids is 1. The first-order chi connectivity index (χ1) is 8.88. The van der Waals surface area contributed by atoms with Crippen molar-refractivity contribution in [3.63, 3.8) is 0 Å². The summed E-state index contributed by atoms with van der Waals surface area (Å²) in [4.78, 5) is 12.4. The second kappa shape index (κ2) is 5.13. The van der Waals surface area contributed by atoms with Gasteiger partial charge in [-0.1, -0.05) is 0 Å². The molecule has 4 nitrogen and oxygen atoms in total. The summed E-state index contributed by atoms with van der Waals surface area (Å²) in [5, 5.41) is 8.74. The molecular formula is C13H15F2NO3. The fraction of sp³-hybridized carbons (Fsp3) is 0.462. The molecule has 0 saturated carbocycles. The molecule has 104 valence electrons. The molecule has 0 radical (unpaired) electrons. The van der Waals surface area contributed by atoms with Crippen molar-refractivity contribution < 1.29 is 23.4 Å². The Labute approximate surface area is 109 Å². The highest BCUT2D eigenvalue weighted by Gasteiger charge is 2.26. The zero-order chi connectivity index (χ0) is 14.2. The molecule has 1 aliphatic rings. The number of carbonyl (C=O) groups is 1. The molecule has 0 aliphatic carbocycles. The molecule has 0 amide bonds. The molecule has 19 heavy (non-hydrogen) atoms. The Kier molecular flexibility index (Phi) is 3.71. The molecule has 1 N–H and O–H groups in total. The molecule has 1 fully saturated rings. The summed E-state index contributed by atoms with van der Waals surface area (Å²) in [5.74, 6) is -3.15. The largest absolute Gasteiger partial charge is 0.478 e. The molecule has 1 aromatic carbocycles. The first kappa shape index (κ1) is 13.7. The molecule has 0 bridgehead atoms. The second-order valence-corrected chi connectivity index (χ2v) is 4.75. The summed E-state index contributed by atoms with van der Waals surface area (Å²) in [7, 11) is 0. The average molecular weight is 271 g/mol. The molecule has 0 aromatic heterocycles. The minimum atomic E-state index is -1.48. The molecule has 1 aliphatic heterocycles. The van der Waals surface area contributed by atoms with Crippen molar-refractivity contribution in [2.24, 2.45) is 0 Å². The minimum absolute atomic E-state index is 0.0736. The quantitative estimate of drug-likeness (QED) is 0.896. The van der Waals surface area contributed by atoms with E-state index in [1.165, 1.54) is 0 Å². The Morgan fingerprint density at radius 3 is 2.37 bits per heavy atom. The van der Waals surface area contributed by atoms with Crippen LogP contribution in [0.25, 0.3) is 0 Å². The van der Waals surface area contributed by atoms with E-state index in [0.717, 1.165) is 12.1 Å². The van der Waals surface area contributed by atoms with E-state index in [-0.39, 0.29) is 17.9 Å². The highest BCUT2D eigenvalue weighted by atomic mass is 19.1. The van der Waals surface area contributed by atoms with E-state index in [2.05, 4.69) is 0 Å². The number of nitrogens with zero attached hydrogens (tertiary/aromatic N) is 1. The van der Waals surface area contributed by atoms with Crippen LogP contribution in [0.1, 0.15) is 24.2 Å². The fourth-order valence-electron chi connectivity index (χ4n) is 2.32. The number of benzene rings is 1. The van der Waals surface area contributed by atoms with Crippen LogP contribution in [0.15, 0.2) is 12.1 Å². The van der Waals surface area contributed by atoms with Crippen LogP contribution >= 0.6 is 0 Å². The van der Waals surface area contributed by atoms with Crippen LogP contribution in [-0.4, -0.2) is 36.4 Å². The zero-order valence-electron chi connectivity index (χ0n) is 10.7. The van der Waals surface area contributed by atoms with Gasteiger partial charge in [-0.2, -0.15) is 0 Å². The van der Waals surface area contributed by atoms with E-state index in [4.69, 9.17) is 9.84 Å². The Hall–Kier alpha value is -1.69. The predicted molar refractivity (Wildman–Crippen MR) is 65.5 cm³/mol. The lowest BCUT2D eigenvalue weighted by atomic mass is 10.1. The third kappa shape index (κ3) is 2.84.